The predicted octanol–water partition coefficient (Wildman–Crippen LogP) is 1.23. The molecule has 6 heteroatoms. The highest BCUT2D eigenvalue weighted by Crippen LogP contribution is 2.21. The Morgan fingerprint density at radius 3 is 2.39 bits per heavy atom. The van der Waals surface area contributed by atoms with E-state index in [4.69, 9.17) is 0 Å². The van der Waals surface area contributed by atoms with Gasteiger partial charge in [-0.15, -0.1) is 12.4 Å². The molecule has 1 aliphatic rings. The standard InChI is InChI=1S/C17H25N3O2.ClH/c1-18-12-16(21)19-13-17(22)20-9-7-15(8-10-20)11-14-5-3-2-4-6-14;/h2-6,15,18H,7-13H2,1H3,(H,19,21);1H. The van der Waals surface area contributed by atoms with Crippen LogP contribution in [0.1, 0.15) is 18.4 Å². The van der Waals surface area contributed by atoms with Crippen LogP contribution in [0.3, 0.4) is 0 Å². The van der Waals surface area contributed by atoms with Crippen LogP contribution in [0.4, 0.5) is 0 Å². The molecule has 23 heavy (non-hydrogen) atoms. The first-order valence-corrected chi connectivity index (χ1v) is 7.92. The van der Waals surface area contributed by atoms with E-state index in [1.165, 1.54) is 5.56 Å². The molecule has 0 aromatic heterocycles. The van der Waals surface area contributed by atoms with Crippen LogP contribution >= 0.6 is 12.4 Å². The van der Waals surface area contributed by atoms with Crippen LogP contribution in [0.15, 0.2) is 30.3 Å². The third-order valence-electron chi connectivity index (χ3n) is 4.11. The summed E-state index contributed by atoms with van der Waals surface area (Å²) in [7, 11) is 1.71. The number of carbonyl (C=O) groups excluding carboxylic acids is 2. The molecular formula is C17H26ClN3O2. The minimum atomic E-state index is -0.144. The zero-order valence-corrected chi connectivity index (χ0v) is 14.4. The van der Waals surface area contributed by atoms with E-state index in [2.05, 4.69) is 34.9 Å². The zero-order chi connectivity index (χ0) is 15.8. The molecule has 1 aliphatic heterocycles. The zero-order valence-electron chi connectivity index (χ0n) is 13.6. The molecule has 1 saturated heterocycles. The Balaban J connectivity index is 0.00000264. The second kappa shape index (κ2) is 10.2. The van der Waals surface area contributed by atoms with Gasteiger partial charge in [0.15, 0.2) is 0 Å². The number of hydrogen-bond acceptors (Lipinski definition) is 3. The summed E-state index contributed by atoms with van der Waals surface area (Å²) in [6, 6.07) is 10.5. The lowest BCUT2D eigenvalue weighted by Crippen LogP contribution is -2.45. The van der Waals surface area contributed by atoms with E-state index in [0.29, 0.717) is 5.92 Å². The average Bonchev–Trinajstić information content (AvgIpc) is 2.54. The number of likely N-dealkylation sites (N-methyl/N-ethyl adjacent to an activating group) is 1. The molecule has 0 aliphatic carbocycles. The Bertz CT molecular complexity index is 488. The van der Waals surface area contributed by atoms with Gasteiger partial charge < -0.3 is 15.5 Å². The number of likely N-dealkylation sites (tertiary alicyclic amines) is 1. The second-order valence-electron chi connectivity index (χ2n) is 5.82. The molecular weight excluding hydrogens is 314 g/mol. The number of piperidine rings is 1. The number of amides is 2. The monoisotopic (exact) mass is 339 g/mol. The Morgan fingerprint density at radius 2 is 1.78 bits per heavy atom. The van der Waals surface area contributed by atoms with Crippen LogP contribution in [0, 0.1) is 5.92 Å². The first-order valence-electron chi connectivity index (χ1n) is 7.92. The highest BCUT2D eigenvalue weighted by molar-refractivity contribution is 5.85. The molecule has 0 atom stereocenters. The van der Waals surface area contributed by atoms with Crippen LogP contribution in [-0.4, -0.2) is 49.9 Å². The van der Waals surface area contributed by atoms with Crippen molar-refractivity contribution in [3.8, 4) is 0 Å². The number of carbonyl (C=O) groups is 2. The lowest BCUT2D eigenvalue weighted by atomic mass is 9.90. The molecule has 128 valence electrons. The Labute approximate surface area is 144 Å². The molecule has 0 saturated carbocycles. The maximum Gasteiger partial charge on any atom is 0.241 e. The van der Waals surface area contributed by atoms with Gasteiger partial charge in [-0.1, -0.05) is 30.3 Å². The van der Waals surface area contributed by atoms with Gasteiger partial charge in [-0.3, -0.25) is 9.59 Å². The van der Waals surface area contributed by atoms with Crippen LogP contribution in [-0.2, 0) is 16.0 Å². The minimum Gasteiger partial charge on any atom is -0.346 e. The molecule has 1 aromatic carbocycles. The van der Waals surface area contributed by atoms with E-state index in [9.17, 15) is 9.59 Å². The van der Waals surface area contributed by atoms with E-state index in [1.807, 2.05) is 11.0 Å². The molecule has 0 unspecified atom stereocenters. The van der Waals surface area contributed by atoms with Gasteiger partial charge in [0.2, 0.25) is 11.8 Å². The van der Waals surface area contributed by atoms with Crippen molar-refractivity contribution in [2.24, 2.45) is 5.92 Å². The van der Waals surface area contributed by atoms with Crippen molar-refractivity contribution in [1.29, 1.82) is 0 Å². The van der Waals surface area contributed by atoms with Gasteiger partial charge in [0.25, 0.3) is 0 Å². The maximum atomic E-state index is 12.1. The van der Waals surface area contributed by atoms with Gasteiger partial charge in [-0.05, 0) is 37.8 Å². The molecule has 2 N–H and O–H groups in total. The molecule has 0 spiro atoms. The van der Waals surface area contributed by atoms with Crippen LogP contribution < -0.4 is 10.6 Å². The summed E-state index contributed by atoms with van der Waals surface area (Å²) < 4.78 is 0. The highest BCUT2D eigenvalue weighted by Gasteiger charge is 2.22. The van der Waals surface area contributed by atoms with E-state index < -0.39 is 0 Å². The number of rotatable bonds is 6. The van der Waals surface area contributed by atoms with Crippen molar-refractivity contribution >= 4 is 24.2 Å². The molecule has 2 amide bonds. The van der Waals surface area contributed by atoms with Crippen LogP contribution in [0.5, 0.6) is 0 Å². The number of hydrogen-bond donors (Lipinski definition) is 2. The number of halogens is 1. The third kappa shape index (κ3) is 6.59. The van der Waals surface area contributed by atoms with Crippen molar-refractivity contribution in [3.63, 3.8) is 0 Å². The second-order valence-corrected chi connectivity index (χ2v) is 5.82. The van der Waals surface area contributed by atoms with Crippen molar-refractivity contribution in [2.45, 2.75) is 19.3 Å². The molecule has 5 nitrogen and oxygen atoms in total. The van der Waals surface area contributed by atoms with Crippen molar-refractivity contribution < 1.29 is 9.59 Å². The summed E-state index contributed by atoms with van der Waals surface area (Å²) in [4.78, 5) is 25.3. The number of nitrogens with one attached hydrogen (secondary N) is 2. The quantitative estimate of drug-likeness (QED) is 0.819. The van der Waals surface area contributed by atoms with Gasteiger partial charge in [-0.25, -0.2) is 0 Å². The Hall–Kier alpha value is -1.59. The Morgan fingerprint density at radius 1 is 1.13 bits per heavy atom. The molecule has 0 bridgehead atoms. The number of nitrogens with zero attached hydrogens (tertiary/aromatic N) is 1. The first-order chi connectivity index (χ1) is 10.7. The smallest absolute Gasteiger partial charge is 0.241 e. The summed E-state index contributed by atoms with van der Waals surface area (Å²) >= 11 is 0. The highest BCUT2D eigenvalue weighted by atomic mass is 35.5. The normalized spacial score (nSPS) is 14.9. The summed E-state index contributed by atoms with van der Waals surface area (Å²) in [5, 5.41) is 5.40. The predicted molar refractivity (Wildman–Crippen MR) is 93.6 cm³/mol. The fraction of sp³-hybridized carbons (Fsp3) is 0.529. The van der Waals surface area contributed by atoms with Crippen molar-refractivity contribution in [2.75, 3.05) is 33.2 Å². The molecule has 1 heterocycles. The minimum absolute atomic E-state index is 0. The topological polar surface area (TPSA) is 61.4 Å². The maximum absolute atomic E-state index is 12.1. The van der Waals surface area contributed by atoms with Crippen molar-refractivity contribution in [1.82, 2.24) is 15.5 Å². The lowest BCUT2D eigenvalue weighted by molar-refractivity contribution is -0.133. The number of benzene rings is 1. The van der Waals surface area contributed by atoms with Crippen molar-refractivity contribution in [3.05, 3.63) is 35.9 Å². The van der Waals surface area contributed by atoms with Gasteiger partial charge >= 0.3 is 0 Å². The van der Waals surface area contributed by atoms with E-state index >= 15 is 0 Å². The summed E-state index contributed by atoms with van der Waals surface area (Å²) in [6.07, 6.45) is 3.15. The van der Waals surface area contributed by atoms with E-state index in [0.717, 1.165) is 32.4 Å². The fourth-order valence-corrected chi connectivity index (χ4v) is 2.84. The molecule has 0 radical (unpaired) electrons. The van der Waals surface area contributed by atoms with E-state index in [1.54, 1.807) is 7.05 Å². The molecule has 2 rings (SSSR count). The molecule has 1 aromatic rings. The van der Waals surface area contributed by atoms with Crippen LogP contribution in [0.2, 0.25) is 0 Å². The fourth-order valence-electron chi connectivity index (χ4n) is 2.84. The lowest BCUT2D eigenvalue weighted by Gasteiger charge is -2.32. The largest absolute Gasteiger partial charge is 0.346 e. The Kier molecular flexibility index (Phi) is 8.66. The molecule has 1 fully saturated rings. The van der Waals surface area contributed by atoms with Gasteiger partial charge in [0.1, 0.15) is 0 Å². The van der Waals surface area contributed by atoms with Gasteiger partial charge in [0, 0.05) is 13.1 Å². The van der Waals surface area contributed by atoms with Gasteiger partial charge in [-0.2, -0.15) is 0 Å². The summed E-state index contributed by atoms with van der Waals surface area (Å²) in [6.45, 7) is 1.92. The van der Waals surface area contributed by atoms with Gasteiger partial charge in [0.05, 0.1) is 13.1 Å². The first kappa shape index (κ1) is 19.5. The average molecular weight is 340 g/mol. The summed E-state index contributed by atoms with van der Waals surface area (Å²) in [5.74, 6) is 0.516. The van der Waals surface area contributed by atoms with E-state index in [-0.39, 0.29) is 37.3 Å². The summed E-state index contributed by atoms with van der Waals surface area (Å²) in [5.41, 5.74) is 1.37. The third-order valence-corrected chi connectivity index (χ3v) is 4.11. The van der Waals surface area contributed by atoms with Crippen LogP contribution in [0.25, 0.3) is 0 Å². The SMILES string of the molecule is CNCC(=O)NCC(=O)N1CCC(Cc2ccccc2)CC1.Cl.